The van der Waals surface area contributed by atoms with Crippen LogP contribution >= 0.6 is 0 Å². The number of aromatic nitrogens is 3. The number of rotatable bonds is 5. The smallest absolute Gasteiger partial charge is 0.222 e. The van der Waals surface area contributed by atoms with Crippen LogP contribution in [-0.4, -0.2) is 52.2 Å². The molecule has 24 heavy (non-hydrogen) atoms. The number of nitrogens with one attached hydrogen (secondary N) is 1. The predicted octanol–water partition coefficient (Wildman–Crippen LogP) is 1.82. The summed E-state index contributed by atoms with van der Waals surface area (Å²) in [5, 5.41) is 3.30. The molecule has 2 saturated heterocycles. The number of likely N-dealkylation sites (tertiary alicyclic amines) is 1. The molecule has 4 heterocycles. The number of hydrogen-bond acceptors (Lipinski definition) is 6. The highest BCUT2D eigenvalue weighted by Crippen LogP contribution is 2.34. The lowest BCUT2D eigenvalue weighted by molar-refractivity contribution is 0.0946. The Morgan fingerprint density at radius 3 is 2.96 bits per heavy atom. The Morgan fingerprint density at radius 1 is 1.21 bits per heavy atom. The molecular formula is C18H23N5O. The monoisotopic (exact) mass is 325 g/mol. The van der Waals surface area contributed by atoms with Crippen molar-refractivity contribution in [1.29, 1.82) is 0 Å². The van der Waals surface area contributed by atoms with Gasteiger partial charge in [-0.3, -0.25) is 9.88 Å². The zero-order chi connectivity index (χ0) is 16.2. The molecule has 6 nitrogen and oxygen atoms in total. The van der Waals surface area contributed by atoms with Gasteiger partial charge in [0.1, 0.15) is 0 Å². The fraction of sp³-hybridized carbons (Fsp3) is 0.500. The first kappa shape index (κ1) is 15.5. The lowest BCUT2D eigenvalue weighted by Crippen LogP contribution is -2.42. The van der Waals surface area contributed by atoms with Crippen molar-refractivity contribution in [3.63, 3.8) is 0 Å². The molecule has 0 unspecified atom stereocenters. The molecule has 0 amide bonds. The number of fused-ring (bicyclic) bond motifs is 1. The first-order valence-electron chi connectivity index (χ1n) is 8.62. The Hall–Kier alpha value is -2.05. The molecule has 0 spiro atoms. The van der Waals surface area contributed by atoms with Gasteiger partial charge in [0, 0.05) is 50.3 Å². The van der Waals surface area contributed by atoms with E-state index in [9.17, 15) is 0 Å². The molecule has 0 aromatic carbocycles. The van der Waals surface area contributed by atoms with E-state index in [-0.39, 0.29) is 6.10 Å². The molecule has 3 atom stereocenters. The van der Waals surface area contributed by atoms with E-state index in [4.69, 9.17) is 4.74 Å². The zero-order valence-electron chi connectivity index (χ0n) is 13.7. The lowest BCUT2D eigenvalue weighted by Gasteiger charge is -2.35. The minimum absolute atomic E-state index is 0.263. The second-order valence-corrected chi connectivity index (χ2v) is 6.63. The average molecular weight is 325 g/mol. The van der Waals surface area contributed by atoms with Crippen molar-refractivity contribution in [3.8, 4) is 0 Å². The van der Waals surface area contributed by atoms with Gasteiger partial charge in [-0.1, -0.05) is 6.07 Å². The maximum absolute atomic E-state index is 6.06. The molecule has 2 aliphatic heterocycles. The molecule has 0 radical (unpaired) electrons. The Morgan fingerprint density at radius 2 is 2.12 bits per heavy atom. The maximum atomic E-state index is 6.06. The third-order valence-corrected chi connectivity index (χ3v) is 5.03. The quantitative estimate of drug-likeness (QED) is 0.905. The van der Waals surface area contributed by atoms with E-state index < -0.39 is 0 Å². The molecule has 6 heteroatoms. The summed E-state index contributed by atoms with van der Waals surface area (Å²) in [4.78, 5) is 15.2. The van der Waals surface area contributed by atoms with Gasteiger partial charge >= 0.3 is 0 Å². The van der Waals surface area contributed by atoms with E-state index >= 15 is 0 Å². The maximum Gasteiger partial charge on any atom is 0.222 e. The zero-order valence-corrected chi connectivity index (χ0v) is 13.7. The van der Waals surface area contributed by atoms with Crippen molar-refractivity contribution in [2.45, 2.75) is 19.1 Å². The second kappa shape index (κ2) is 7.23. The Labute approximate surface area is 142 Å². The fourth-order valence-electron chi connectivity index (χ4n) is 3.85. The van der Waals surface area contributed by atoms with Crippen LogP contribution in [0.2, 0.25) is 0 Å². The molecule has 1 N–H and O–H groups in total. The van der Waals surface area contributed by atoms with Crippen LogP contribution in [0.1, 0.15) is 12.0 Å². The summed E-state index contributed by atoms with van der Waals surface area (Å²) in [6.45, 7) is 4.86. The van der Waals surface area contributed by atoms with Gasteiger partial charge in [0.25, 0.3) is 0 Å². The summed E-state index contributed by atoms with van der Waals surface area (Å²) >= 11 is 0. The summed E-state index contributed by atoms with van der Waals surface area (Å²) in [6, 6.07) is 5.98. The van der Waals surface area contributed by atoms with Crippen LogP contribution in [0.3, 0.4) is 0 Å². The SMILES string of the molecule is c1cnc(NC[C@H]2OC[C@H]3CN(Cc4cccnc4)CC[C@H]32)nc1. The van der Waals surface area contributed by atoms with Crippen molar-refractivity contribution in [1.82, 2.24) is 19.9 Å². The van der Waals surface area contributed by atoms with Crippen molar-refractivity contribution in [2.75, 3.05) is 31.6 Å². The highest BCUT2D eigenvalue weighted by atomic mass is 16.5. The first-order valence-corrected chi connectivity index (χ1v) is 8.62. The van der Waals surface area contributed by atoms with Gasteiger partial charge in [0.15, 0.2) is 0 Å². The van der Waals surface area contributed by atoms with Crippen LogP contribution in [0, 0.1) is 11.8 Å². The molecule has 4 rings (SSSR count). The molecule has 2 aromatic heterocycles. The van der Waals surface area contributed by atoms with Crippen LogP contribution < -0.4 is 5.32 Å². The van der Waals surface area contributed by atoms with E-state index in [0.717, 1.165) is 32.8 Å². The van der Waals surface area contributed by atoms with Crippen LogP contribution in [0.4, 0.5) is 5.95 Å². The minimum Gasteiger partial charge on any atom is -0.376 e. The molecule has 0 saturated carbocycles. The number of pyridine rings is 1. The summed E-state index contributed by atoms with van der Waals surface area (Å²) in [5.74, 6) is 1.93. The minimum atomic E-state index is 0.263. The van der Waals surface area contributed by atoms with Gasteiger partial charge in [0.2, 0.25) is 5.95 Å². The Kier molecular flexibility index (Phi) is 4.66. The van der Waals surface area contributed by atoms with E-state index in [2.05, 4.69) is 31.2 Å². The van der Waals surface area contributed by atoms with Crippen LogP contribution in [0.15, 0.2) is 43.0 Å². The van der Waals surface area contributed by atoms with Gasteiger partial charge in [-0.25, -0.2) is 9.97 Å². The van der Waals surface area contributed by atoms with E-state index in [1.807, 2.05) is 24.5 Å². The lowest BCUT2D eigenvalue weighted by atomic mass is 9.84. The van der Waals surface area contributed by atoms with E-state index in [0.29, 0.717) is 17.8 Å². The largest absolute Gasteiger partial charge is 0.376 e. The van der Waals surface area contributed by atoms with Crippen molar-refractivity contribution in [3.05, 3.63) is 48.5 Å². The van der Waals surface area contributed by atoms with Gasteiger partial charge < -0.3 is 10.1 Å². The number of ether oxygens (including phenoxy) is 1. The Balaban J connectivity index is 1.30. The van der Waals surface area contributed by atoms with Gasteiger partial charge in [-0.2, -0.15) is 0 Å². The number of anilines is 1. The average Bonchev–Trinajstić information content (AvgIpc) is 3.04. The number of nitrogens with zero attached hydrogens (tertiary/aromatic N) is 4. The topological polar surface area (TPSA) is 63.2 Å². The molecule has 0 bridgehead atoms. The first-order chi connectivity index (χ1) is 11.9. The van der Waals surface area contributed by atoms with Crippen LogP contribution in [-0.2, 0) is 11.3 Å². The number of hydrogen-bond donors (Lipinski definition) is 1. The van der Waals surface area contributed by atoms with E-state index in [1.165, 1.54) is 12.0 Å². The molecule has 0 aliphatic carbocycles. The van der Waals surface area contributed by atoms with Crippen LogP contribution in [0.25, 0.3) is 0 Å². The third-order valence-electron chi connectivity index (χ3n) is 5.03. The molecule has 2 aliphatic rings. The van der Waals surface area contributed by atoms with Gasteiger partial charge in [0.05, 0.1) is 12.7 Å². The number of piperidine rings is 1. The summed E-state index contributed by atoms with van der Waals surface area (Å²) in [7, 11) is 0. The van der Waals surface area contributed by atoms with Crippen molar-refractivity contribution in [2.24, 2.45) is 11.8 Å². The highest BCUT2D eigenvalue weighted by molar-refractivity contribution is 5.22. The molecular weight excluding hydrogens is 302 g/mol. The molecule has 2 fully saturated rings. The Bertz CT molecular complexity index is 638. The van der Waals surface area contributed by atoms with E-state index in [1.54, 1.807) is 12.4 Å². The third kappa shape index (κ3) is 3.55. The summed E-state index contributed by atoms with van der Waals surface area (Å²) in [6.07, 6.45) is 8.75. The molecule has 2 aromatic rings. The fourth-order valence-corrected chi connectivity index (χ4v) is 3.85. The second-order valence-electron chi connectivity index (χ2n) is 6.63. The summed E-state index contributed by atoms with van der Waals surface area (Å²) < 4.78 is 6.06. The van der Waals surface area contributed by atoms with Gasteiger partial charge in [-0.05, 0) is 36.6 Å². The summed E-state index contributed by atoms with van der Waals surface area (Å²) in [5.41, 5.74) is 1.29. The highest BCUT2D eigenvalue weighted by Gasteiger charge is 2.40. The van der Waals surface area contributed by atoms with Crippen LogP contribution in [0.5, 0.6) is 0 Å². The predicted molar refractivity (Wildman–Crippen MR) is 91.4 cm³/mol. The standard InChI is InChI=1S/C18H23N5O/c1-3-14(9-19-5-1)11-23-8-4-16-15(12-23)13-24-17(16)10-22-18-20-6-2-7-21-18/h1-3,5-7,9,15-17H,4,8,10-13H2,(H,20,21,22)/t15-,16-,17-/m1/s1. The van der Waals surface area contributed by atoms with Crippen molar-refractivity contribution < 1.29 is 4.74 Å². The van der Waals surface area contributed by atoms with Gasteiger partial charge in [-0.15, -0.1) is 0 Å². The van der Waals surface area contributed by atoms with Crippen molar-refractivity contribution >= 4 is 5.95 Å². The normalized spacial score (nSPS) is 26.9. The molecule has 126 valence electrons.